The molecule has 1 amide bonds. The van der Waals surface area contributed by atoms with Gasteiger partial charge in [-0.2, -0.15) is 0 Å². The molecule has 0 saturated heterocycles. The lowest BCUT2D eigenvalue weighted by Gasteiger charge is -2.18. The highest BCUT2D eigenvalue weighted by Gasteiger charge is 2.23. The van der Waals surface area contributed by atoms with Crippen LogP contribution >= 0.6 is 11.6 Å². The van der Waals surface area contributed by atoms with Crippen LogP contribution in [0.15, 0.2) is 59.8 Å². The number of nitrogens with one attached hydrogen (secondary N) is 3. The summed E-state index contributed by atoms with van der Waals surface area (Å²) in [5.74, 6) is 0.174. The Balaban J connectivity index is 1.87. The van der Waals surface area contributed by atoms with Gasteiger partial charge in [-0.3, -0.25) is 9.52 Å². The maximum absolute atomic E-state index is 13.0. The molecule has 0 aliphatic carbocycles. The number of aromatic nitrogens is 2. The summed E-state index contributed by atoms with van der Waals surface area (Å²) in [7, 11) is -2.56. The zero-order valence-electron chi connectivity index (χ0n) is 18.1. The maximum Gasteiger partial charge on any atom is 0.263 e. The number of rotatable bonds is 8. The maximum atomic E-state index is 13.0. The second kappa shape index (κ2) is 9.61. The van der Waals surface area contributed by atoms with Crippen LogP contribution in [0.4, 0.5) is 23.0 Å². The topological polar surface area (TPSA) is 148 Å². The Morgan fingerprint density at radius 1 is 1.09 bits per heavy atom. The fourth-order valence-corrected chi connectivity index (χ4v) is 3.80. The molecular weight excluding hydrogens is 468 g/mol. The quantitative estimate of drug-likeness (QED) is 0.375. The van der Waals surface area contributed by atoms with Gasteiger partial charge in [-0.1, -0.05) is 17.7 Å². The van der Waals surface area contributed by atoms with Crippen LogP contribution in [0, 0.1) is 0 Å². The number of hydrogen-bond acceptors (Lipinski definition) is 8. The number of hydrogen-bond donors (Lipinski definition) is 4. The third-order valence-electron chi connectivity index (χ3n) is 4.34. The van der Waals surface area contributed by atoms with Gasteiger partial charge in [-0.05, 0) is 44.2 Å². The van der Waals surface area contributed by atoms with Crippen molar-refractivity contribution in [2.45, 2.75) is 24.3 Å². The fourth-order valence-electron chi connectivity index (χ4n) is 2.58. The number of halogens is 1. The standard InChI is InChI=1S/C21H23ClN6O4S/c1-21(2,23)20(29)26-13-5-4-6-15(11-13)33(30,31)28-19-18(24-9-10-25-19)27-17-12-14(32-3)7-8-16(17)22/h4-12H,23H2,1-3H3,(H,24,27)(H,25,28)(H,26,29). The van der Waals surface area contributed by atoms with E-state index in [1.807, 2.05) is 0 Å². The number of ether oxygens (including phenoxy) is 1. The number of nitrogens with zero attached hydrogens (tertiary/aromatic N) is 2. The molecule has 2 aromatic carbocycles. The van der Waals surface area contributed by atoms with Crippen molar-refractivity contribution < 1.29 is 17.9 Å². The van der Waals surface area contributed by atoms with Crippen molar-refractivity contribution in [2.24, 2.45) is 5.73 Å². The SMILES string of the molecule is COc1ccc(Cl)c(Nc2nccnc2NS(=O)(=O)c2cccc(NC(=O)C(C)(C)N)c2)c1. The lowest BCUT2D eigenvalue weighted by Crippen LogP contribution is -2.45. The van der Waals surface area contributed by atoms with Crippen molar-refractivity contribution in [1.82, 2.24) is 9.97 Å². The third kappa shape index (κ3) is 6.09. The third-order valence-corrected chi connectivity index (χ3v) is 6.01. The zero-order chi connectivity index (χ0) is 24.2. The lowest BCUT2D eigenvalue weighted by atomic mass is 10.1. The minimum Gasteiger partial charge on any atom is -0.497 e. The summed E-state index contributed by atoms with van der Waals surface area (Å²) in [6, 6.07) is 10.7. The predicted octanol–water partition coefficient (Wildman–Crippen LogP) is 3.36. The van der Waals surface area contributed by atoms with E-state index >= 15 is 0 Å². The Labute approximate surface area is 196 Å². The second-order valence-electron chi connectivity index (χ2n) is 7.53. The molecule has 0 atom stereocenters. The highest BCUT2D eigenvalue weighted by molar-refractivity contribution is 7.92. The fraction of sp³-hybridized carbons (Fsp3) is 0.190. The number of benzene rings is 2. The molecular formula is C21H23ClN6O4S. The minimum atomic E-state index is -4.08. The molecule has 3 aromatic rings. The highest BCUT2D eigenvalue weighted by Crippen LogP contribution is 2.31. The molecule has 10 nitrogen and oxygen atoms in total. The minimum absolute atomic E-state index is 0.0473. The Kier molecular flexibility index (Phi) is 7.06. The van der Waals surface area contributed by atoms with Gasteiger partial charge in [0, 0.05) is 24.1 Å². The van der Waals surface area contributed by atoms with Gasteiger partial charge in [0.15, 0.2) is 11.6 Å². The van der Waals surface area contributed by atoms with E-state index in [1.165, 1.54) is 37.7 Å². The summed E-state index contributed by atoms with van der Waals surface area (Å²) in [6.45, 7) is 3.09. The number of carbonyl (C=O) groups is 1. The largest absolute Gasteiger partial charge is 0.497 e. The summed E-state index contributed by atoms with van der Waals surface area (Å²) in [6.07, 6.45) is 2.75. The molecule has 1 heterocycles. The van der Waals surface area contributed by atoms with Gasteiger partial charge in [0.05, 0.1) is 28.3 Å². The Hall–Kier alpha value is -3.41. The molecule has 5 N–H and O–H groups in total. The van der Waals surface area contributed by atoms with Crippen LogP contribution in [0.2, 0.25) is 5.02 Å². The summed E-state index contributed by atoms with van der Waals surface area (Å²) < 4.78 is 33.6. The second-order valence-corrected chi connectivity index (χ2v) is 9.62. The molecule has 3 rings (SSSR count). The molecule has 0 aliphatic rings. The van der Waals surface area contributed by atoms with E-state index in [-0.39, 0.29) is 22.2 Å². The molecule has 1 aromatic heterocycles. The van der Waals surface area contributed by atoms with Gasteiger partial charge in [-0.25, -0.2) is 18.4 Å². The molecule has 33 heavy (non-hydrogen) atoms. The van der Waals surface area contributed by atoms with E-state index < -0.39 is 21.5 Å². The molecule has 0 radical (unpaired) electrons. The first kappa shape index (κ1) is 24.2. The first-order valence-corrected chi connectivity index (χ1v) is 11.5. The van der Waals surface area contributed by atoms with E-state index in [0.717, 1.165) is 0 Å². The number of methoxy groups -OCH3 is 1. The van der Waals surface area contributed by atoms with Gasteiger partial charge in [0.1, 0.15) is 5.75 Å². The number of amides is 1. The van der Waals surface area contributed by atoms with Crippen molar-refractivity contribution in [3.05, 3.63) is 59.9 Å². The normalized spacial score (nSPS) is 11.5. The monoisotopic (exact) mass is 490 g/mol. The van der Waals surface area contributed by atoms with Crippen molar-refractivity contribution in [3.63, 3.8) is 0 Å². The highest BCUT2D eigenvalue weighted by atomic mass is 35.5. The van der Waals surface area contributed by atoms with Crippen LogP contribution in [0.25, 0.3) is 0 Å². The van der Waals surface area contributed by atoms with Crippen molar-refractivity contribution >= 4 is 50.5 Å². The van der Waals surface area contributed by atoms with Crippen LogP contribution in [-0.2, 0) is 14.8 Å². The molecule has 0 fully saturated rings. The summed E-state index contributed by atoms with van der Waals surface area (Å²) in [5, 5.41) is 5.93. The van der Waals surface area contributed by atoms with Gasteiger partial charge in [0.25, 0.3) is 10.0 Å². The van der Waals surface area contributed by atoms with Crippen LogP contribution in [0.3, 0.4) is 0 Å². The Morgan fingerprint density at radius 3 is 2.45 bits per heavy atom. The first-order chi connectivity index (χ1) is 15.5. The molecule has 0 unspecified atom stereocenters. The number of anilines is 4. The molecule has 0 saturated carbocycles. The van der Waals surface area contributed by atoms with Crippen LogP contribution < -0.4 is 25.8 Å². The van der Waals surface area contributed by atoms with Crippen LogP contribution in [-0.4, -0.2) is 36.9 Å². The number of sulfonamides is 1. The van der Waals surface area contributed by atoms with E-state index in [0.29, 0.717) is 16.5 Å². The van der Waals surface area contributed by atoms with Gasteiger partial charge in [-0.15, -0.1) is 0 Å². The van der Waals surface area contributed by atoms with Crippen LogP contribution in [0.5, 0.6) is 5.75 Å². The summed E-state index contributed by atoms with van der Waals surface area (Å²) in [5.41, 5.74) is 5.38. The summed E-state index contributed by atoms with van der Waals surface area (Å²) in [4.78, 5) is 20.3. The van der Waals surface area contributed by atoms with Crippen molar-refractivity contribution in [2.75, 3.05) is 22.5 Å². The van der Waals surface area contributed by atoms with Gasteiger partial charge < -0.3 is 21.1 Å². The predicted molar refractivity (Wildman–Crippen MR) is 127 cm³/mol. The molecule has 0 aliphatic heterocycles. The molecule has 12 heteroatoms. The van der Waals surface area contributed by atoms with Gasteiger partial charge in [0.2, 0.25) is 5.91 Å². The van der Waals surface area contributed by atoms with Crippen LogP contribution in [0.1, 0.15) is 13.8 Å². The van der Waals surface area contributed by atoms with E-state index in [2.05, 4.69) is 25.3 Å². The zero-order valence-corrected chi connectivity index (χ0v) is 19.7. The number of nitrogens with two attached hydrogens (primary N) is 1. The lowest BCUT2D eigenvalue weighted by molar-refractivity contribution is -0.120. The smallest absolute Gasteiger partial charge is 0.263 e. The van der Waals surface area contributed by atoms with Crippen molar-refractivity contribution in [1.29, 1.82) is 0 Å². The van der Waals surface area contributed by atoms with Crippen molar-refractivity contribution in [3.8, 4) is 5.75 Å². The molecule has 0 bridgehead atoms. The first-order valence-electron chi connectivity index (χ1n) is 9.64. The average Bonchev–Trinajstić information content (AvgIpc) is 2.76. The summed E-state index contributed by atoms with van der Waals surface area (Å²) >= 11 is 6.23. The molecule has 174 valence electrons. The number of carbonyl (C=O) groups excluding carboxylic acids is 1. The Morgan fingerprint density at radius 2 is 1.79 bits per heavy atom. The average molecular weight is 491 g/mol. The van der Waals surface area contributed by atoms with Gasteiger partial charge >= 0.3 is 0 Å². The van der Waals surface area contributed by atoms with E-state index in [1.54, 1.807) is 38.1 Å². The van der Waals surface area contributed by atoms with E-state index in [9.17, 15) is 13.2 Å². The Bertz CT molecular complexity index is 1280. The molecule has 0 spiro atoms. The van der Waals surface area contributed by atoms with E-state index in [4.69, 9.17) is 22.1 Å².